The largest absolute Gasteiger partial charge is 0.497 e. The molecule has 136 valence electrons. The highest BCUT2D eigenvalue weighted by molar-refractivity contribution is 7.99. The Bertz CT molecular complexity index is 846. The zero-order valence-corrected chi connectivity index (χ0v) is 14.4. The number of hydrogen-bond donors (Lipinski definition) is 1. The lowest BCUT2D eigenvalue weighted by atomic mass is 10.1. The summed E-state index contributed by atoms with van der Waals surface area (Å²) in [5.41, 5.74) is 3.92. The molecule has 1 aromatic heterocycles. The van der Waals surface area contributed by atoms with Crippen LogP contribution in [0.4, 0.5) is 13.2 Å². The first-order chi connectivity index (χ1) is 12.3. The molecule has 0 atom stereocenters. The predicted octanol–water partition coefficient (Wildman–Crippen LogP) is 3.62. The third-order valence-corrected chi connectivity index (χ3v) is 4.35. The molecule has 9 heteroatoms. The van der Waals surface area contributed by atoms with E-state index >= 15 is 0 Å². The van der Waals surface area contributed by atoms with E-state index in [2.05, 4.69) is 4.98 Å². The number of pyridine rings is 1. The highest BCUT2D eigenvalue weighted by Gasteiger charge is 2.36. The highest BCUT2D eigenvalue weighted by atomic mass is 32.2. The van der Waals surface area contributed by atoms with E-state index < -0.39 is 23.2 Å². The van der Waals surface area contributed by atoms with Gasteiger partial charge in [0, 0.05) is 17.7 Å². The van der Waals surface area contributed by atoms with E-state index in [4.69, 9.17) is 10.5 Å². The number of alkyl halides is 3. The van der Waals surface area contributed by atoms with Gasteiger partial charge in [0.2, 0.25) is 5.91 Å². The van der Waals surface area contributed by atoms with Gasteiger partial charge in [-0.1, -0.05) is 0 Å². The van der Waals surface area contributed by atoms with Crippen molar-refractivity contribution in [3.8, 4) is 23.1 Å². The summed E-state index contributed by atoms with van der Waals surface area (Å²) in [6.07, 6.45) is -4.75. The first-order valence-corrected chi connectivity index (χ1v) is 8.32. The van der Waals surface area contributed by atoms with Gasteiger partial charge in [-0.3, -0.25) is 4.79 Å². The second-order valence-electron chi connectivity index (χ2n) is 5.14. The predicted molar refractivity (Wildman–Crippen MR) is 90.5 cm³/mol. The number of amides is 1. The van der Waals surface area contributed by atoms with E-state index in [1.54, 1.807) is 30.3 Å². The minimum atomic E-state index is -4.71. The lowest BCUT2D eigenvalue weighted by Crippen LogP contribution is -2.12. The van der Waals surface area contributed by atoms with Crippen LogP contribution in [0, 0.1) is 11.3 Å². The van der Waals surface area contributed by atoms with Crippen molar-refractivity contribution >= 4 is 17.7 Å². The van der Waals surface area contributed by atoms with Crippen LogP contribution >= 0.6 is 11.8 Å². The minimum absolute atomic E-state index is 0.0364. The number of rotatable bonds is 6. The summed E-state index contributed by atoms with van der Waals surface area (Å²) in [4.78, 5) is 15.0. The molecule has 26 heavy (non-hydrogen) atoms. The summed E-state index contributed by atoms with van der Waals surface area (Å²) in [6, 6.07) is 8.76. The van der Waals surface area contributed by atoms with Gasteiger partial charge in [-0.2, -0.15) is 18.4 Å². The van der Waals surface area contributed by atoms with Gasteiger partial charge >= 0.3 is 6.18 Å². The number of hydrogen-bond acceptors (Lipinski definition) is 5. The van der Waals surface area contributed by atoms with Crippen molar-refractivity contribution in [3.63, 3.8) is 0 Å². The number of carbonyl (C=O) groups is 1. The van der Waals surface area contributed by atoms with Gasteiger partial charge in [0.05, 0.1) is 23.9 Å². The topological polar surface area (TPSA) is 89.0 Å². The van der Waals surface area contributed by atoms with Crippen LogP contribution in [0.15, 0.2) is 35.4 Å². The zero-order chi connectivity index (χ0) is 19.3. The molecule has 0 saturated heterocycles. The number of ether oxygens (including phenoxy) is 1. The molecule has 0 radical (unpaired) electrons. The van der Waals surface area contributed by atoms with Gasteiger partial charge in [-0.25, -0.2) is 4.98 Å². The van der Waals surface area contributed by atoms with Crippen LogP contribution in [0.2, 0.25) is 0 Å². The van der Waals surface area contributed by atoms with Crippen LogP contribution in [0.5, 0.6) is 5.75 Å². The third kappa shape index (κ3) is 4.67. The van der Waals surface area contributed by atoms with E-state index in [-0.39, 0.29) is 22.9 Å². The first kappa shape index (κ1) is 19.6. The van der Waals surface area contributed by atoms with Crippen LogP contribution in [-0.2, 0) is 11.0 Å². The number of carbonyl (C=O) groups excluding carboxylic acids is 1. The van der Waals surface area contributed by atoms with Crippen molar-refractivity contribution in [2.75, 3.05) is 12.9 Å². The molecule has 0 aliphatic heterocycles. The number of aromatic nitrogens is 1. The molecule has 0 aliphatic carbocycles. The number of nitriles is 1. The molecule has 2 aromatic rings. The molecule has 0 aliphatic rings. The molecule has 0 unspecified atom stereocenters. The summed E-state index contributed by atoms with van der Waals surface area (Å²) < 4.78 is 45.2. The normalized spacial score (nSPS) is 11.0. The van der Waals surface area contributed by atoms with Gasteiger partial charge < -0.3 is 10.5 Å². The highest BCUT2D eigenvalue weighted by Crippen LogP contribution is 2.38. The molecule has 1 amide bonds. The van der Waals surface area contributed by atoms with Gasteiger partial charge in [0.1, 0.15) is 16.8 Å². The van der Waals surface area contributed by atoms with Crippen LogP contribution in [-0.4, -0.2) is 23.8 Å². The van der Waals surface area contributed by atoms with Crippen LogP contribution in [0.1, 0.15) is 17.5 Å². The molecular formula is C17H14F3N3O2S. The number of benzene rings is 1. The number of primary amides is 1. The van der Waals surface area contributed by atoms with Crippen LogP contribution in [0.3, 0.4) is 0 Å². The zero-order valence-electron chi connectivity index (χ0n) is 13.6. The van der Waals surface area contributed by atoms with E-state index in [0.717, 1.165) is 17.8 Å². The van der Waals surface area contributed by atoms with Gasteiger partial charge in [-0.05, 0) is 30.3 Å². The van der Waals surface area contributed by atoms with Crippen LogP contribution in [0.25, 0.3) is 11.3 Å². The average Bonchev–Trinajstić information content (AvgIpc) is 2.60. The number of nitrogens with zero attached hydrogens (tertiary/aromatic N) is 2. The monoisotopic (exact) mass is 381 g/mol. The fraction of sp³-hybridized carbons (Fsp3) is 0.235. The molecule has 5 nitrogen and oxygen atoms in total. The molecule has 0 fully saturated rings. The average molecular weight is 381 g/mol. The Balaban J connectivity index is 2.54. The molecule has 2 N–H and O–H groups in total. The van der Waals surface area contributed by atoms with E-state index in [1.165, 1.54) is 7.11 Å². The Labute approximate surface area is 152 Å². The Kier molecular flexibility index (Phi) is 6.10. The number of halogens is 3. The molecule has 1 aromatic carbocycles. The molecule has 2 rings (SSSR count). The fourth-order valence-corrected chi connectivity index (χ4v) is 3.08. The SMILES string of the molecule is COc1ccc(-c2cc(C(F)(F)F)c(C#N)c(SCCC(N)=O)n2)cc1. The number of thioether (sulfide) groups is 1. The van der Waals surface area contributed by atoms with Crippen LogP contribution < -0.4 is 10.5 Å². The number of methoxy groups -OCH3 is 1. The molecule has 0 bridgehead atoms. The summed E-state index contributed by atoms with van der Waals surface area (Å²) in [5.74, 6) is 0.0910. The Morgan fingerprint density at radius 2 is 2.00 bits per heavy atom. The summed E-state index contributed by atoms with van der Waals surface area (Å²) in [5, 5.41) is 9.10. The molecule has 0 saturated carbocycles. The Morgan fingerprint density at radius 3 is 2.50 bits per heavy atom. The number of nitrogens with two attached hydrogens (primary N) is 1. The van der Waals surface area contributed by atoms with Crippen molar-refractivity contribution in [2.24, 2.45) is 5.73 Å². The summed E-state index contributed by atoms with van der Waals surface area (Å²) in [6.45, 7) is 0. The lowest BCUT2D eigenvalue weighted by Gasteiger charge is -2.14. The van der Waals surface area contributed by atoms with E-state index in [0.29, 0.717) is 11.3 Å². The fourth-order valence-electron chi connectivity index (χ4n) is 2.12. The second-order valence-corrected chi connectivity index (χ2v) is 6.22. The lowest BCUT2D eigenvalue weighted by molar-refractivity contribution is -0.138. The van der Waals surface area contributed by atoms with E-state index in [9.17, 15) is 23.2 Å². The second kappa shape index (κ2) is 8.10. The van der Waals surface area contributed by atoms with Crippen molar-refractivity contribution < 1.29 is 22.7 Å². The van der Waals surface area contributed by atoms with Crippen molar-refractivity contribution in [2.45, 2.75) is 17.6 Å². The van der Waals surface area contributed by atoms with E-state index in [1.807, 2.05) is 0 Å². The molecule has 0 spiro atoms. The molecular weight excluding hydrogens is 367 g/mol. The standard InChI is InChI=1S/C17H14F3N3O2S/c1-25-11-4-2-10(3-5-11)14-8-13(17(18,19)20)12(9-21)16(23-14)26-7-6-15(22)24/h2-5,8H,6-7H2,1H3,(H2,22,24). The minimum Gasteiger partial charge on any atom is -0.497 e. The van der Waals surface area contributed by atoms with Gasteiger partial charge in [-0.15, -0.1) is 11.8 Å². The first-order valence-electron chi connectivity index (χ1n) is 7.34. The van der Waals surface area contributed by atoms with Crippen molar-refractivity contribution in [1.29, 1.82) is 5.26 Å². The Hall–Kier alpha value is -2.73. The van der Waals surface area contributed by atoms with Crippen molar-refractivity contribution in [3.05, 3.63) is 41.5 Å². The summed E-state index contributed by atoms with van der Waals surface area (Å²) in [7, 11) is 1.48. The van der Waals surface area contributed by atoms with Crippen molar-refractivity contribution in [1.82, 2.24) is 4.98 Å². The maximum atomic E-state index is 13.4. The third-order valence-electron chi connectivity index (χ3n) is 3.38. The summed E-state index contributed by atoms with van der Waals surface area (Å²) >= 11 is 0.888. The maximum absolute atomic E-state index is 13.4. The Morgan fingerprint density at radius 1 is 1.35 bits per heavy atom. The maximum Gasteiger partial charge on any atom is 0.417 e. The van der Waals surface area contributed by atoms with Gasteiger partial charge in [0.15, 0.2) is 0 Å². The quantitative estimate of drug-likeness (QED) is 0.772. The van der Waals surface area contributed by atoms with Gasteiger partial charge in [0.25, 0.3) is 0 Å². The molecule has 1 heterocycles. The smallest absolute Gasteiger partial charge is 0.417 e.